The van der Waals surface area contributed by atoms with Crippen LogP contribution in [0.1, 0.15) is 0 Å². The molecule has 80 valence electrons. The maximum atomic E-state index is 0. The molecule has 20 N–H and O–H groups in total. The Bertz CT molecular complexity index is 10.0. The quantitative estimate of drug-likeness (QED) is 0.279. The lowest BCUT2D eigenvalue weighted by Gasteiger charge is -1.00. The molecule has 0 radical (unpaired) electrons. The Morgan fingerprint density at radius 2 is 0.200 bits per heavy atom. The average molecular weight is 267 g/mol. The second-order valence-electron chi connectivity index (χ2n) is 0. The molecule has 0 aromatic heterocycles. The van der Waals surface area contributed by atoms with Gasteiger partial charge in [-0.15, -0.1) is 0 Å². The molecule has 10 heavy (non-hydrogen) atoms. The van der Waals surface area contributed by atoms with Crippen molar-refractivity contribution >= 4 is 0 Å². The average Bonchev–Trinajstić information content (AvgIpc) is 0. The number of rotatable bonds is 0. The van der Waals surface area contributed by atoms with E-state index in [0.29, 0.717) is 0 Å². The third-order valence-corrected chi connectivity index (χ3v) is 0. The maximum Gasteiger partial charge on any atom is -0.369 e. The molecule has 0 heterocycles. The van der Waals surface area contributed by atoms with Crippen LogP contribution in [-0.4, -0.2) is 0 Å². The van der Waals surface area contributed by atoms with Crippen LogP contribution in [0.15, 0.2) is 0 Å². The predicted octanol–water partition coefficient (Wildman–Crippen LogP) is -13.1. The largest absolute Gasteiger partial charge is 1.00 e. The summed E-state index contributed by atoms with van der Waals surface area (Å²) >= 11 is 0. The molecular formula is H20Cl5N5. The fraction of sp³-hybridized carbons (Fsp3) is 0. The van der Waals surface area contributed by atoms with E-state index in [1.807, 2.05) is 0 Å². The number of hydrogen-bond donors (Lipinski definition) is 5. The molecule has 0 saturated heterocycles. The first kappa shape index (κ1) is 756. The van der Waals surface area contributed by atoms with E-state index in [9.17, 15) is 0 Å². The molecule has 10 heteroatoms. The van der Waals surface area contributed by atoms with E-state index in [4.69, 9.17) is 0 Å². The molecule has 0 aliphatic carbocycles. The molecule has 0 unspecified atom stereocenters. The molecule has 5 nitrogen and oxygen atoms in total. The second-order valence-corrected chi connectivity index (χ2v) is 0. The molecule has 0 atom stereocenters. The van der Waals surface area contributed by atoms with Crippen LogP contribution in [0.4, 0.5) is 0 Å². The Morgan fingerprint density at radius 3 is 0.200 bits per heavy atom. The number of halogens is 5. The summed E-state index contributed by atoms with van der Waals surface area (Å²) in [6.45, 7) is 0. The minimum Gasteiger partial charge on any atom is -1.00 e. The van der Waals surface area contributed by atoms with Gasteiger partial charge < -0.3 is 92.8 Å². The van der Waals surface area contributed by atoms with E-state index in [1.54, 1.807) is 0 Å². The van der Waals surface area contributed by atoms with E-state index in [1.165, 1.54) is 0 Å². The Morgan fingerprint density at radius 1 is 0.200 bits per heavy atom. The highest BCUT2D eigenvalue weighted by Crippen LogP contribution is -0.477. The topological polar surface area (TPSA) is 182 Å². The molecule has 0 rings (SSSR count). The second kappa shape index (κ2) is 561. The lowest BCUT2D eigenvalue weighted by atomic mass is 14.0. The molecule has 0 saturated carbocycles. The van der Waals surface area contributed by atoms with Crippen molar-refractivity contribution in [3.63, 3.8) is 0 Å². The van der Waals surface area contributed by atoms with Gasteiger partial charge in [-0.25, -0.2) is 0 Å². The summed E-state index contributed by atoms with van der Waals surface area (Å²) in [6.07, 6.45) is 0. The molecule has 0 spiro atoms. The van der Waals surface area contributed by atoms with Gasteiger partial charge in [0.1, 0.15) is 0 Å². The normalized spacial score (nSPS) is 0. The molecule has 0 bridgehead atoms. The third-order valence-electron chi connectivity index (χ3n) is 0. The number of hydrogen-bond acceptors (Lipinski definition) is 0. The summed E-state index contributed by atoms with van der Waals surface area (Å²) in [5.41, 5.74) is 0. The summed E-state index contributed by atoms with van der Waals surface area (Å²) in [5, 5.41) is 0. The van der Waals surface area contributed by atoms with E-state index in [2.05, 4.69) is 0 Å². The van der Waals surface area contributed by atoms with Crippen molar-refractivity contribution in [1.82, 2.24) is 30.8 Å². The SMILES string of the molecule is [Cl-].[Cl-].[Cl-].[Cl-].[Cl-].[NH4+].[NH4+].[NH4+].[NH4+].[NH4+]. The first-order valence-corrected chi connectivity index (χ1v) is 0. The zero-order valence-corrected chi connectivity index (χ0v) is 10.7. The van der Waals surface area contributed by atoms with Crippen LogP contribution in [0.5, 0.6) is 0 Å². The summed E-state index contributed by atoms with van der Waals surface area (Å²) in [6, 6.07) is 0. The van der Waals surface area contributed by atoms with Gasteiger partial charge in [-0.3, -0.25) is 0 Å². The van der Waals surface area contributed by atoms with Gasteiger partial charge in [0.15, 0.2) is 0 Å². The van der Waals surface area contributed by atoms with Crippen LogP contribution in [0.3, 0.4) is 0 Å². The Kier molecular flexibility index (Phi) is 42500. The van der Waals surface area contributed by atoms with Gasteiger partial charge in [-0.05, 0) is 0 Å². The molecule has 0 fully saturated rings. The predicted molar refractivity (Wildman–Crippen MR) is 29.9 cm³/mol. The molecule has 0 aromatic carbocycles. The summed E-state index contributed by atoms with van der Waals surface area (Å²) in [7, 11) is 0. The van der Waals surface area contributed by atoms with E-state index in [0.717, 1.165) is 0 Å². The van der Waals surface area contributed by atoms with E-state index in [-0.39, 0.29) is 92.8 Å². The minimum atomic E-state index is 0. The van der Waals surface area contributed by atoms with Crippen molar-refractivity contribution in [1.29, 1.82) is 0 Å². The molecular weight excluding hydrogens is 247 g/mol. The third kappa shape index (κ3) is 403. The Balaban J connectivity index is 0. The smallest absolute Gasteiger partial charge is 0.369 e. The van der Waals surface area contributed by atoms with Crippen molar-refractivity contribution in [3.05, 3.63) is 0 Å². The Labute approximate surface area is 92.8 Å². The molecule has 0 aromatic rings. The van der Waals surface area contributed by atoms with E-state index < -0.39 is 0 Å². The van der Waals surface area contributed by atoms with Gasteiger partial charge in [-0.2, -0.15) is 0 Å². The lowest BCUT2D eigenvalue weighted by Crippen LogP contribution is -3.00. The number of quaternary nitrogens is 5. The first-order valence-electron chi connectivity index (χ1n) is 0. The van der Waals surface area contributed by atoms with Crippen molar-refractivity contribution in [2.75, 3.05) is 0 Å². The zero-order chi connectivity index (χ0) is 0. The van der Waals surface area contributed by atoms with Gasteiger partial charge in [0.2, 0.25) is 0 Å². The highest BCUT2D eigenvalue weighted by atomic mass is 35.5. The molecule has 0 amide bonds. The minimum absolute atomic E-state index is 0. The van der Waals surface area contributed by atoms with Crippen LogP contribution in [-0.2, 0) is 0 Å². The molecule has 0 aliphatic heterocycles. The molecule has 0 aliphatic rings. The monoisotopic (exact) mass is 265 g/mol. The Hall–Kier alpha value is 1.25. The standard InChI is InChI=1S/5ClH.5H3N/h5*1H;5*1H3. The maximum absolute atomic E-state index is 0. The van der Waals surface area contributed by atoms with Crippen LogP contribution in [0.2, 0.25) is 0 Å². The van der Waals surface area contributed by atoms with Crippen LogP contribution >= 0.6 is 0 Å². The van der Waals surface area contributed by atoms with Crippen LogP contribution in [0, 0.1) is 0 Å². The van der Waals surface area contributed by atoms with Crippen molar-refractivity contribution in [2.24, 2.45) is 0 Å². The van der Waals surface area contributed by atoms with Gasteiger partial charge in [-0.1, -0.05) is 0 Å². The van der Waals surface area contributed by atoms with Gasteiger partial charge in [0.25, 0.3) is 0 Å². The van der Waals surface area contributed by atoms with Crippen molar-refractivity contribution in [2.45, 2.75) is 0 Å². The van der Waals surface area contributed by atoms with Gasteiger partial charge in [0.05, 0.1) is 0 Å². The van der Waals surface area contributed by atoms with Crippen LogP contribution < -0.4 is 92.8 Å². The first-order chi connectivity index (χ1) is 0. The van der Waals surface area contributed by atoms with Gasteiger partial charge >= 0.3 is 0 Å². The fourth-order valence-electron chi connectivity index (χ4n) is 0. The fourth-order valence-corrected chi connectivity index (χ4v) is 0. The van der Waals surface area contributed by atoms with Crippen LogP contribution in [0.25, 0.3) is 0 Å². The zero-order valence-electron chi connectivity index (χ0n) is 6.89. The van der Waals surface area contributed by atoms with Crippen molar-refractivity contribution < 1.29 is 62.0 Å². The summed E-state index contributed by atoms with van der Waals surface area (Å²) in [5.74, 6) is 0. The van der Waals surface area contributed by atoms with E-state index >= 15 is 0 Å². The highest BCUT2D eigenvalue weighted by molar-refractivity contribution is 2.14. The lowest BCUT2D eigenvalue weighted by molar-refractivity contribution is -0.00100. The highest BCUT2D eigenvalue weighted by Gasteiger charge is -0.365. The summed E-state index contributed by atoms with van der Waals surface area (Å²) < 4.78 is 0. The summed E-state index contributed by atoms with van der Waals surface area (Å²) in [4.78, 5) is 0. The van der Waals surface area contributed by atoms with Gasteiger partial charge in [0, 0.05) is 0 Å². The van der Waals surface area contributed by atoms with Crippen molar-refractivity contribution in [3.8, 4) is 0 Å².